The Bertz CT molecular complexity index is 1270. The van der Waals surface area contributed by atoms with Crippen molar-refractivity contribution in [2.45, 2.75) is 33.1 Å². The lowest BCUT2D eigenvalue weighted by Crippen LogP contribution is -2.45. The molecule has 1 saturated heterocycles. The molecule has 4 rings (SSSR count). The Kier molecular flexibility index (Phi) is 7.86. The Labute approximate surface area is 211 Å². The Morgan fingerprint density at radius 1 is 1.19 bits per heavy atom. The van der Waals surface area contributed by atoms with E-state index in [0.29, 0.717) is 42.5 Å². The van der Waals surface area contributed by atoms with Crippen LogP contribution in [0.25, 0.3) is 0 Å². The molecule has 1 aromatic carbocycles. The maximum Gasteiger partial charge on any atom is 0.416 e. The third-order valence-corrected chi connectivity index (χ3v) is 5.80. The molecule has 12 heteroatoms. The minimum Gasteiger partial charge on any atom is -0.374 e. The first kappa shape index (κ1) is 26.3. The van der Waals surface area contributed by atoms with Gasteiger partial charge in [-0.05, 0) is 43.2 Å². The number of hydrogen-bond donors (Lipinski definition) is 2. The van der Waals surface area contributed by atoms with Gasteiger partial charge in [-0.3, -0.25) is 0 Å². The van der Waals surface area contributed by atoms with Gasteiger partial charge in [0.2, 0.25) is 5.95 Å². The smallest absolute Gasteiger partial charge is 0.374 e. The van der Waals surface area contributed by atoms with Crippen LogP contribution in [0.3, 0.4) is 0 Å². The van der Waals surface area contributed by atoms with Gasteiger partial charge in [0.05, 0.1) is 47.8 Å². The molecule has 0 saturated carbocycles. The van der Waals surface area contributed by atoms with Crippen LogP contribution in [0.1, 0.15) is 30.8 Å². The molecule has 3 aromatic rings. The Morgan fingerprint density at radius 3 is 2.73 bits per heavy atom. The highest BCUT2D eigenvalue weighted by Crippen LogP contribution is 2.31. The largest absolute Gasteiger partial charge is 0.416 e. The van der Waals surface area contributed by atoms with Crippen LogP contribution in [0.5, 0.6) is 0 Å². The van der Waals surface area contributed by atoms with Crippen molar-refractivity contribution in [3.8, 4) is 0 Å². The van der Waals surface area contributed by atoms with E-state index in [2.05, 4.69) is 44.6 Å². The zero-order chi connectivity index (χ0) is 26.6. The van der Waals surface area contributed by atoms with Crippen molar-refractivity contribution < 1.29 is 22.3 Å². The van der Waals surface area contributed by atoms with Crippen molar-refractivity contribution in [2.24, 2.45) is 11.0 Å². The van der Waals surface area contributed by atoms with Crippen LogP contribution in [0.4, 0.5) is 40.7 Å². The molecule has 196 valence electrons. The fourth-order valence-corrected chi connectivity index (χ4v) is 3.77. The highest BCUT2D eigenvalue weighted by molar-refractivity contribution is 5.78. The van der Waals surface area contributed by atoms with Gasteiger partial charge in [-0.1, -0.05) is 19.9 Å². The van der Waals surface area contributed by atoms with Gasteiger partial charge < -0.3 is 15.0 Å². The second-order valence-electron chi connectivity index (χ2n) is 8.91. The first-order valence-electron chi connectivity index (χ1n) is 11.7. The van der Waals surface area contributed by atoms with Crippen LogP contribution in [0.2, 0.25) is 0 Å². The topological polar surface area (TPSA) is 87.6 Å². The number of nitrogens with one attached hydrogen (secondary N) is 2. The predicted octanol–water partition coefficient (Wildman–Crippen LogP) is 5.39. The maximum atomic E-state index is 14.4. The van der Waals surface area contributed by atoms with E-state index in [-0.39, 0.29) is 23.8 Å². The summed E-state index contributed by atoms with van der Waals surface area (Å²) in [6, 6.07) is 8.29. The number of morpholine rings is 1. The lowest BCUT2D eigenvalue weighted by Gasteiger charge is -2.35. The molecule has 8 nitrogen and oxygen atoms in total. The van der Waals surface area contributed by atoms with Crippen LogP contribution in [-0.2, 0) is 10.9 Å². The average Bonchev–Trinajstić information content (AvgIpc) is 2.86. The first-order valence-corrected chi connectivity index (χ1v) is 11.7. The van der Waals surface area contributed by atoms with Gasteiger partial charge in [-0.15, -0.1) is 0 Å². The number of anilines is 4. The standard InChI is InChI=1S/C25H27F4N7O/c1-15(2)22-14-36(9-10-37-22)23-20(26)13-30-24(34-23)35-31-12-19-7-8-21(16(3)32-19)33-18-6-4-5-17(11-18)25(27,28)29/h4-8,11-13,15,22,33H,9-10,14H2,1-3H3,(H,30,34,35)/b31-12+. The second-order valence-corrected chi connectivity index (χ2v) is 8.91. The number of benzene rings is 1. The third kappa shape index (κ3) is 6.70. The minimum atomic E-state index is -4.42. The monoisotopic (exact) mass is 517 g/mol. The number of halogens is 4. The molecule has 0 amide bonds. The normalized spacial score (nSPS) is 16.4. The van der Waals surface area contributed by atoms with E-state index in [1.807, 2.05) is 4.90 Å². The molecule has 37 heavy (non-hydrogen) atoms. The van der Waals surface area contributed by atoms with Crippen molar-refractivity contribution in [3.05, 3.63) is 65.4 Å². The summed E-state index contributed by atoms with van der Waals surface area (Å²) in [6.45, 7) is 7.35. The molecule has 1 aliphatic heterocycles. The molecular weight excluding hydrogens is 490 g/mol. The van der Waals surface area contributed by atoms with Crippen LogP contribution in [0, 0.1) is 18.7 Å². The van der Waals surface area contributed by atoms with E-state index in [1.165, 1.54) is 12.3 Å². The zero-order valence-corrected chi connectivity index (χ0v) is 20.6. The van der Waals surface area contributed by atoms with Gasteiger partial charge in [0.25, 0.3) is 0 Å². The third-order valence-electron chi connectivity index (χ3n) is 5.80. The molecule has 0 aliphatic carbocycles. The van der Waals surface area contributed by atoms with Gasteiger partial charge >= 0.3 is 6.18 Å². The molecular formula is C25H27F4N7O. The Hall–Kier alpha value is -3.80. The molecule has 2 aromatic heterocycles. The first-order chi connectivity index (χ1) is 17.6. The summed E-state index contributed by atoms with van der Waals surface area (Å²) in [5.41, 5.74) is 3.86. The summed E-state index contributed by atoms with van der Waals surface area (Å²) >= 11 is 0. The number of aromatic nitrogens is 3. The fraction of sp³-hybridized carbons (Fsp3) is 0.360. The van der Waals surface area contributed by atoms with E-state index in [4.69, 9.17) is 4.74 Å². The van der Waals surface area contributed by atoms with E-state index >= 15 is 0 Å². The van der Waals surface area contributed by atoms with Crippen LogP contribution in [-0.4, -0.2) is 47.0 Å². The van der Waals surface area contributed by atoms with Gasteiger partial charge in [0.1, 0.15) is 0 Å². The highest BCUT2D eigenvalue weighted by Gasteiger charge is 2.30. The number of pyridine rings is 1. The Balaban J connectivity index is 1.41. The highest BCUT2D eigenvalue weighted by atomic mass is 19.4. The molecule has 0 radical (unpaired) electrons. The van der Waals surface area contributed by atoms with E-state index < -0.39 is 17.6 Å². The summed E-state index contributed by atoms with van der Waals surface area (Å²) in [4.78, 5) is 14.5. The van der Waals surface area contributed by atoms with Crippen LogP contribution >= 0.6 is 0 Å². The molecule has 1 unspecified atom stereocenters. The molecule has 1 atom stereocenters. The number of aryl methyl sites for hydroxylation is 1. The summed E-state index contributed by atoms with van der Waals surface area (Å²) in [7, 11) is 0. The number of nitrogens with zero attached hydrogens (tertiary/aromatic N) is 5. The SMILES string of the molecule is Cc1nc(/C=N/Nc2ncc(F)c(N3CCOC(C(C)C)C3)n2)ccc1Nc1cccc(C(F)(F)F)c1. The molecule has 0 spiro atoms. The number of rotatable bonds is 7. The van der Waals surface area contributed by atoms with Crippen molar-refractivity contribution >= 4 is 29.4 Å². The van der Waals surface area contributed by atoms with Crippen LogP contribution in [0.15, 0.2) is 47.7 Å². The minimum absolute atomic E-state index is 0.0158. The van der Waals surface area contributed by atoms with Gasteiger partial charge in [0, 0.05) is 18.8 Å². The average molecular weight is 518 g/mol. The summed E-state index contributed by atoms with van der Waals surface area (Å²) in [5, 5.41) is 7.05. The number of alkyl halides is 3. The lowest BCUT2D eigenvalue weighted by molar-refractivity contribution is -0.137. The fourth-order valence-electron chi connectivity index (χ4n) is 3.77. The molecule has 0 bridgehead atoms. The van der Waals surface area contributed by atoms with E-state index in [1.54, 1.807) is 25.1 Å². The lowest BCUT2D eigenvalue weighted by atomic mass is 10.1. The predicted molar refractivity (Wildman–Crippen MR) is 134 cm³/mol. The van der Waals surface area contributed by atoms with Gasteiger partial charge in [0.15, 0.2) is 11.6 Å². The second kappa shape index (κ2) is 11.1. The summed E-state index contributed by atoms with van der Waals surface area (Å²) in [5.74, 6) is 0.0676. The summed E-state index contributed by atoms with van der Waals surface area (Å²) in [6.07, 6.45) is -1.91. The van der Waals surface area contributed by atoms with Crippen molar-refractivity contribution in [1.82, 2.24) is 15.0 Å². The molecule has 1 aliphatic rings. The number of hydrazone groups is 1. The maximum absolute atomic E-state index is 14.4. The van der Waals surface area contributed by atoms with Crippen molar-refractivity contribution in [3.63, 3.8) is 0 Å². The number of hydrogen-bond acceptors (Lipinski definition) is 8. The Morgan fingerprint density at radius 2 is 2.00 bits per heavy atom. The van der Waals surface area contributed by atoms with E-state index in [9.17, 15) is 17.6 Å². The van der Waals surface area contributed by atoms with Crippen LogP contribution < -0.4 is 15.6 Å². The van der Waals surface area contributed by atoms with Crippen molar-refractivity contribution in [1.29, 1.82) is 0 Å². The zero-order valence-electron chi connectivity index (χ0n) is 20.6. The molecule has 2 N–H and O–H groups in total. The summed E-state index contributed by atoms with van der Waals surface area (Å²) < 4.78 is 59.1. The van der Waals surface area contributed by atoms with Crippen molar-refractivity contribution in [2.75, 3.05) is 35.3 Å². The van der Waals surface area contributed by atoms with Gasteiger partial charge in [-0.25, -0.2) is 19.8 Å². The quantitative estimate of drug-likeness (QED) is 0.247. The molecule has 3 heterocycles. The molecule has 1 fully saturated rings. The van der Waals surface area contributed by atoms with E-state index in [0.717, 1.165) is 18.3 Å². The van der Waals surface area contributed by atoms with Gasteiger partial charge in [-0.2, -0.15) is 23.3 Å². The number of ether oxygens (including phenoxy) is 1.